The molecule has 7 heteroatoms. The molecular weight excluding hydrogens is 447 g/mol. The molecule has 5 nitrogen and oxygen atoms in total. The molecule has 0 fully saturated rings. The van der Waals surface area contributed by atoms with Gasteiger partial charge in [-0.2, -0.15) is 0 Å². The van der Waals surface area contributed by atoms with Crippen molar-refractivity contribution in [2.75, 3.05) is 26.2 Å². The van der Waals surface area contributed by atoms with Gasteiger partial charge in [0.25, 0.3) is 5.91 Å². The summed E-state index contributed by atoms with van der Waals surface area (Å²) >= 11 is 12.4. The number of amides is 1. The molecule has 0 saturated carbocycles. The molecule has 3 aromatic rings. The van der Waals surface area contributed by atoms with Crippen molar-refractivity contribution in [3.63, 3.8) is 0 Å². The van der Waals surface area contributed by atoms with E-state index in [9.17, 15) is 9.59 Å². The van der Waals surface area contributed by atoms with E-state index in [1.165, 1.54) is 0 Å². The van der Waals surface area contributed by atoms with Crippen molar-refractivity contribution < 1.29 is 9.21 Å². The van der Waals surface area contributed by atoms with Gasteiger partial charge in [-0.15, -0.1) is 0 Å². The maximum Gasteiger partial charge on any atom is 0.290 e. The van der Waals surface area contributed by atoms with Gasteiger partial charge in [0.15, 0.2) is 5.43 Å². The molecule has 0 saturated heterocycles. The summed E-state index contributed by atoms with van der Waals surface area (Å²) in [6.45, 7) is 9.12. The first-order valence-corrected chi connectivity index (χ1v) is 11.7. The molecular formula is C25H26Cl2N2O3. The predicted molar refractivity (Wildman–Crippen MR) is 129 cm³/mol. The highest BCUT2D eigenvalue weighted by Gasteiger charge is 2.42. The molecule has 0 radical (unpaired) electrons. The number of halogens is 2. The molecule has 1 aliphatic rings. The fraction of sp³-hybridized carbons (Fsp3) is 0.360. The Bertz CT molecular complexity index is 1230. The minimum absolute atomic E-state index is 0.113. The number of rotatable bonds is 7. The van der Waals surface area contributed by atoms with E-state index < -0.39 is 6.04 Å². The Kier molecular flexibility index (Phi) is 6.61. The van der Waals surface area contributed by atoms with E-state index in [1.807, 2.05) is 25.1 Å². The largest absolute Gasteiger partial charge is 0.450 e. The molecule has 1 aromatic heterocycles. The van der Waals surface area contributed by atoms with Crippen molar-refractivity contribution in [1.82, 2.24) is 9.80 Å². The lowest BCUT2D eigenvalue weighted by molar-refractivity contribution is 0.0708. The van der Waals surface area contributed by atoms with Crippen LogP contribution in [0.2, 0.25) is 10.0 Å². The third kappa shape index (κ3) is 3.94. The Labute approximate surface area is 197 Å². The molecule has 0 spiro atoms. The van der Waals surface area contributed by atoms with E-state index in [-0.39, 0.29) is 17.1 Å². The van der Waals surface area contributed by atoms with Crippen molar-refractivity contribution in [2.24, 2.45) is 0 Å². The molecule has 4 rings (SSSR count). The average Bonchev–Trinajstić information content (AvgIpc) is 3.08. The summed E-state index contributed by atoms with van der Waals surface area (Å²) in [4.78, 5) is 31.1. The SMILES string of the molecule is CCc1ccc2oc3c(c(=O)c2c1)C(c1ccc(Cl)c(Cl)c1)N(CCN(CC)CC)C3=O. The van der Waals surface area contributed by atoms with Crippen LogP contribution >= 0.6 is 23.2 Å². The molecule has 1 unspecified atom stereocenters. The lowest BCUT2D eigenvalue weighted by atomic mass is 9.98. The van der Waals surface area contributed by atoms with Gasteiger partial charge in [-0.25, -0.2) is 0 Å². The van der Waals surface area contributed by atoms with Crippen LogP contribution in [0.15, 0.2) is 45.6 Å². The maximum atomic E-state index is 13.7. The lowest BCUT2D eigenvalue weighted by Crippen LogP contribution is -2.37. The summed E-state index contributed by atoms with van der Waals surface area (Å²) in [7, 11) is 0. The normalized spacial score (nSPS) is 15.8. The van der Waals surface area contributed by atoms with E-state index in [2.05, 4.69) is 18.7 Å². The first kappa shape index (κ1) is 22.8. The Morgan fingerprint density at radius 1 is 1.00 bits per heavy atom. The van der Waals surface area contributed by atoms with E-state index in [0.717, 1.165) is 30.6 Å². The Hall–Kier alpha value is -2.34. The van der Waals surface area contributed by atoms with E-state index >= 15 is 0 Å². The fourth-order valence-corrected chi connectivity index (χ4v) is 4.64. The summed E-state index contributed by atoms with van der Waals surface area (Å²) in [5.41, 5.74) is 2.40. The van der Waals surface area contributed by atoms with Gasteiger partial charge >= 0.3 is 0 Å². The summed E-state index contributed by atoms with van der Waals surface area (Å²) in [5, 5.41) is 1.30. The number of benzene rings is 2. The van der Waals surface area contributed by atoms with Gasteiger partial charge in [-0.1, -0.05) is 56.1 Å². The molecule has 0 N–H and O–H groups in total. The third-order valence-electron chi connectivity index (χ3n) is 6.25. The third-order valence-corrected chi connectivity index (χ3v) is 6.99. The van der Waals surface area contributed by atoms with E-state index in [4.69, 9.17) is 27.6 Å². The number of carbonyl (C=O) groups is 1. The smallest absolute Gasteiger partial charge is 0.290 e. The fourth-order valence-electron chi connectivity index (χ4n) is 4.34. The van der Waals surface area contributed by atoms with Crippen molar-refractivity contribution >= 4 is 40.1 Å². The second-order valence-corrected chi connectivity index (χ2v) is 8.77. The number of hydrogen-bond acceptors (Lipinski definition) is 4. The molecule has 168 valence electrons. The van der Waals surface area contributed by atoms with Crippen LogP contribution < -0.4 is 5.43 Å². The van der Waals surface area contributed by atoms with Crippen molar-refractivity contribution in [3.8, 4) is 0 Å². The molecule has 2 heterocycles. The number of nitrogens with zero attached hydrogens (tertiary/aromatic N) is 2. The van der Waals surface area contributed by atoms with Crippen molar-refractivity contribution in [3.05, 3.63) is 79.1 Å². The topological polar surface area (TPSA) is 53.8 Å². The number of hydrogen-bond donors (Lipinski definition) is 0. The minimum Gasteiger partial charge on any atom is -0.450 e. The number of fused-ring (bicyclic) bond motifs is 2. The Balaban J connectivity index is 1.90. The quantitative estimate of drug-likeness (QED) is 0.452. The number of aryl methyl sites for hydroxylation is 1. The minimum atomic E-state index is -0.575. The van der Waals surface area contributed by atoms with Crippen LogP contribution in [-0.4, -0.2) is 41.9 Å². The summed E-state index contributed by atoms with van der Waals surface area (Å²) in [6, 6.07) is 10.2. The molecule has 1 aliphatic heterocycles. The van der Waals surface area contributed by atoms with Crippen LogP contribution in [0.3, 0.4) is 0 Å². The number of carbonyl (C=O) groups excluding carboxylic acids is 1. The van der Waals surface area contributed by atoms with Crippen LogP contribution in [0, 0.1) is 0 Å². The van der Waals surface area contributed by atoms with E-state index in [1.54, 1.807) is 23.1 Å². The lowest BCUT2D eigenvalue weighted by Gasteiger charge is -2.28. The summed E-state index contributed by atoms with van der Waals surface area (Å²) < 4.78 is 6.03. The summed E-state index contributed by atoms with van der Waals surface area (Å²) in [5.74, 6) is -0.163. The number of likely N-dealkylation sites (N-methyl/N-ethyl adjacent to an activating group) is 1. The van der Waals surface area contributed by atoms with Gasteiger partial charge in [-0.05, 0) is 54.9 Å². The molecule has 0 aliphatic carbocycles. The predicted octanol–water partition coefficient (Wildman–Crippen LogP) is 5.55. The van der Waals surface area contributed by atoms with Gasteiger partial charge < -0.3 is 14.2 Å². The first-order chi connectivity index (χ1) is 15.4. The van der Waals surface area contributed by atoms with Crippen LogP contribution in [0.5, 0.6) is 0 Å². The Morgan fingerprint density at radius 3 is 2.41 bits per heavy atom. The highest BCUT2D eigenvalue weighted by atomic mass is 35.5. The van der Waals surface area contributed by atoms with E-state index in [0.29, 0.717) is 39.7 Å². The molecule has 1 amide bonds. The van der Waals surface area contributed by atoms with Gasteiger partial charge in [0.2, 0.25) is 5.76 Å². The first-order valence-electron chi connectivity index (χ1n) is 11.0. The summed E-state index contributed by atoms with van der Waals surface area (Å²) in [6.07, 6.45) is 0.803. The molecule has 1 atom stereocenters. The Morgan fingerprint density at radius 2 is 1.75 bits per heavy atom. The van der Waals surface area contributed by atoms with Gasteiger partial charge in [-0.3, -0.25) is 9.59 Å². The van der Waals surface area contributed by atoms with Crippen molar-refractivity contribution in [1.29, 1.82) is 0 Å². The molecule has 0 bridgehead atoms. The zero-order valence-corrected chi connectivity index (χ0v) is 20.0. The molecule has 32 heavy (non-hydrogen) atoms. The second-order valence-electron chi connectivity index (χ2n) is 7.96. The molecule has 2 aromatic carbocycles. The zero-order chi connectivity index (χ0) is 23.0. The highest BCUT2D eigenvalue weighted by molar-refractivity contribution is 6.42. The zero-order valence-electron chi connectivity index (χ0n) is 18.5. The van der Waals surface area contributed by atoms with Crippen LogP contribution in [0.4, 0.5) is 0 Å². The van der Waals surface area contributed by atoms with Crippen LogP contribution in [-0.2, 0) is 6.42 Å². The van der Waals surface area contributed by atoms with Crippen LogP contribution in [0.25, 0.3) is 11.0 Å². The van der Waals surface area contributed by atoms with Gasteiger partial charge in [0, 0.05) is 13.1 Å². The van der Waals surface area contributed by atoms with Gasteiger partial charge in [0.05, 0.1) is 27.0 Å². The standard InChI is InChI=1S/C25H26Cl2N2O3/c1-4-15-7-10-20-17(13-15)23(30)21-22(16-8-9-18(26)19(27)14-16)29(25(31)24(21)32-20)12-11-28(5-2)6-3/h7-10,13-14,22H,4-6,11-12H2,1-3H3. The second kappa shape index (κ2) is 9.26. The average molecular weight is 473 g/mol. The highest BCUT2D eigenvalue weighted by Crippen LogP contribution is 2.39. The monoisotopic (exact) mass is 472 g/mol. The van der Waals surface area contributed by atoms with Crippen LogP contribution in [0.1, 0.15) is 54.1 Å². The maximum absolute atomic E-state index is 13.7. The van der Waals surface area contributed by atoms with Crippen molar-refractivity contribution in [2.45, 2.75) is 33.2 Å². The van der Waals surface area contributed by atoms with Gasteiger partial charge in [0.1, 0.15) is 5.58 Å².